The average Bonchev–Trinajstić information content (AvgIpc) is 3.24. The molecule has 0 saturated carbocycles. The number of nitriles is 1. The maximum atomic E-state index is 10.7. The lowest BCUT2D eigenvalue weighted by atomic mass is 10.1. The first-order chi connectivity index (χ1) is 11.2. The van der Waals surface area contributed by atoms with Gasteiger partial charge in [-0.15, -0.1) is 0 Å². The van der Waals surface area contributed by atoms with Crippen LogP contribution in [0.2, 0.25) is 0 Å². The number of non-ortho nitro benzene ring substituents is 1. The Morgan fingerprint density at radius 3 is 2.57 bits per heavy atom. The Balaban J connectivity index is 1.88. The molecule has 6 nitrogen and oxygen atoms in total. The molecule has 2 heterocycles. The third-order valence-corrected chi connectivity index (χ3v) is 3.18. The van der Waals surface area contributed by atoms with Crippen LogP contribution in [0.25, 0.3) is 23.0 Å². The van der Waals surface area contributed by atoms with Gasteiger partial charge in [0.1, 0.15) is 23.3 Å². The second kappa shape index (κ2) is 6.03. The minimum Gasteiger partial charge on any atom is -0.464 e. The molecule has 6 heteroatoms. The van der Waals surface area contributed by atoms with Gasteiger partial charge in [-0.25, -0.2) is 0 Å². The highest BCUT2D eigenvalue weighted by Crippen LogP contribution is 2.26. The highest BCUT2D eigenvalue weighted by molar-refractivity contribution is 5.86. The molecule has 0 aliphatic carbocycles. The van der Waals surface area contributed by atoms with Gasteiger partial charge in [0.15, 0.2) is 0 Å². The van der Waals surface area contributed by atoms with Gasteiger partial charge in [0.05, 0.1) is 16.8 Å². The van der Waals surface area contributed by atoms with E-state index in [9.17, 15) is 15.4 Å². The first-order valence-electron chi connectivity index (χ1n) is 6.68. The lowest BCUT2D eigenvalue weighted by Gasteiger charge is -1.97. The topological polar surface area (TPSA) is 93.2 Å². The van der Waals surface area contributed by atoms with Crippen LogP contribution in [0.1, 0.15) is 11.5 Å². The normalized spacial score (nSPS) is 11.2. The lowest BCUT2D eigenvalue weighted by Crippen LogP contribution is -1.86. The van der Waals surface area contributed by atoms with Gasteiger partial charge >= 0.3 is 0 Å². The van der Waals surface area contributed by atoms with Crippen molar-refractivity contribution in [1.82, 2.24) is 0 Å². The van der Waals surface area contributed by atoms with Crippen molar-refractivity contribution in [3.63, 3.8) is 0 Å². The molecule has 0 fully saturated rings. The molecule has 0 aliphatic heterocycles. The summed E-state index contributed by atoms with van der Waals surface area (Å²) in [4.78, 5) is 10.2. The van der Waals surface area contributed by atoms with E-state index >= 15 is 0 Å². The molecule has 1 aromatic carbocycles. The summed E-state index contributed by atoms with van der Waals surface area (Å²) in [5.74, 6) is 1.51. The summed E-state index contributed by atoms with van der Waals surface area (Å²) < 4.78 is 10.9. The SMILES string of the molecule is N#CC(=Cc1ccc(-c2ccc([N+](=O)[O-])cc2)o1)c1ccco1. The van der Waals surface area contributed by atoms with E-state index in [4.69, 9.17) is 8.83 Å². The smallest absolute Gasteiger partial charge is 0.269 e. The van der Waals surface area contributed by atoms with E-state index in [1.807, 2.05) is 0 Å². The van der Waals surface area contributed by atoms with Crippen LogP contribution in [0.15, 0.2) is 63.6 Å². The Hall–Kier alpha value is -3.59. The van der Waals surface area contributed by atoms with E-state index in [-0.39, 0.29) is 5.69 Å². The molecule has 0 radical (unpaired) electrons. The van der Waals surface area contributed by atoms with E-state index in [2.05, 4.69) is 6.07 Å². The van der Waals surface area contributed by atoms with Crippen LogP contribution in [0.4, 0.5) is 5.69 Å². The molecule has 0 N–H and O–H groups in total. The summed E-state index contributed by atoms with van der Waals surface area (Å²) in [6.45, 7) is 0. The van der Waals surface area contributed by atoms with E-state index < -0.39 is 4.92 Å². The zero-order valence-corrected chi connectivity index (χ0v) is 11.8. The lowest BCUT2D eigenvalue weighted by molar-refractivity contribution is -0.384. The van der Waals surface area contributed by atoms with Gasteiger partial charge in [-0.2, -0.15) is 5.26 Å². The number of allylic oxidation sites excluding steroid dienone is 1. The molecule has 23 heavy (non-hydrogen) atoms. The second-order valence-corrected chi connectivity index (χ2v) is 4.65. The molecule has 0 unspecified atom stereocenters. The number of nitrogens with zero attached hydrogens (tertiary/aromatic N) is 2. The van der Waals surface area contributed by atoms with Crippen LogP contribution in [0.3, 0.4) is 0 Å². The summed E-state index contributed by atoms with van der Waals surface area (Å²) in [5, 5.41) is 19.8. The fourth-order valence-corrected chi connectivity index (χ4v) is 2.07. The number of nitro groups is 1. The van der Waals surface area contributed by atoms with Crippen molar-refractivity contribution in [2.45, 2.75) is 0 Å². The molecular weight excluding hydrogens is 296 g/mol. The monoisotopic (exact) mass is 306 g/mol. The maximum Gasteiger partial charge on any atom is 0.269 e. The molecule has 112 valence electrons. The Bertz CT molecular complexity index is 897. The first kappa shape index (κ1) is 14.4. The largest absolute Gasteiger partial charge is 0.464 e. The van der Waals surface area contributed by atoms with Crippen molar-refractivity contribution in [3.05, 3.63) is 76.4 Å². The van der Waals surface area contributed by atoms with Gasteiger partial charge in [0.2, 0.25) is 0 Å². The molecule has 0 amide bonds. The Kier molecular flexibility index (Phi) is 3.77. The molecular formula is C17H10N2O4. The average molecular weight is 306 g/mol. The fraction of sp³-hybridized carbons (Fsp3) is 0. The van der Waals surface area contributed by atoms with Crippen molar-refractivity contribution in [2.75, 3.05) is 0 Å². The van der Waals surface area contributed by atoms with Crippen molar-refractivity contribution < 1.29 is 13.8 Å². The van der Waals surface area contributed by atoms with E-state index in [1.54, 1.807) is 42.5 Å². The van der Waals surface area contributed by atoms with Crippen LogP contribution in [-0.2, 0) is 0 Å². The standard InChI is InChI=1S/C17H10N2O4/c18-11-13(16-2-1-9-22-16)10-15-7-8-17(23-15)12-3-5-14(6-4-12)19(20)21/h1-10H. The molecule has 0 saturated heterocycles. The predicted octanol–water partition coefficient (Wildman–Crippen LogP) is 4.51. The van der Waals surface area contributed by atoms with Crippen molar-refractivity contribution in [3.8, 4) is 17.4 Å². The quantitative estimate of drug-likeness (QED) is 0.401. The molecule has 0 bridgehead atoms. The Morgan fingerprint density at radius 2 is 1.96 bits per heavy atom. The summed E-state index contributed by atoms with van der Waals surface area (Å²) in [6.07, 6.45) is 3.07. The zero-order chi connectivity index (χ0) is 16.2. The van der Waals surface area contributed by atoms with Gasteiger partial charge < -0.3 is 8.83 Å². The van der Waals surface area contributed by atoms with E-state index in [0.717, 1.165) is 0 Å². The second-order valence-electron chi connectivity index (χ2n) is 4.65. The molecule has 0 aliphatic rings. The third kappa shape index (κ3) is 3.04. The van der Waals surface area contributed by atoms with E-state index in [0.29, 0.717) is 28.4 Å². The van der Waals surface area contributed by atoms with Crippen molar-refractivity contribution >= 4 is 17.3 Å². The minimum atomic E-state index is -0.456. The number of hydrogen-bond acceptors (Lipinski definition) is 5. The number of benzene rings is 1. The highest BCUT2D eigenvalue weighted by Gasteiger charge is 2.09. The summed E-state index contributed by atoms with van der Waals surface area (Å²) in [5.41, 5.74) is 1.08. The van der Waals surface area contributed by atoms with Crippen LogP contribution >= 0.6 is 0 Å². The molecule has 3 rings (SSSR count). The summed E-state index contributed by atoms with van der Waals surface area (Å²) in [7, 11) is 0. The van der Waals surface area contributed by atoms with Gasteiger partial charge in [0, 0.05) is 23.8 Å². The summed E-state index contributed by atoms with van der Waals surface area (Å²) >= 11 is 0. The molecule has 2 aromatic heterocycles. The van der Waals surface area contributed by atoms with Crippen molar-refractivity contribution in [2.24, 2.45) is 0 Å². The van der Waals surface area contributed by atoms with E-state index in [1.165, 1.54) is 18.4 Å². The van der Waals surface area contributed by atoms with Gasteiger partial charge in [0.25, 0.3) is 5.69 Å². The fourth-order valence-electron chi connectivity index (χ4n) is 2.07. The predicted molar refractivity (Wildman–Crippen MR) is 83.0 cm³/mol. The van der Waals surface area contributed by atoms with Crippen LogP contribution < -0.4 is 0 Å². The van der Waals surface area contributed by atoms with Crippen LogP contribution in [0.5, 0.6) is 0 Å². The van der Waals surface area contributed by atoms with Crippen LogP contribution in [0, 0.1) is 21.4 Å². The zero-order valence-electron chi connectivity index (χ0n) is 11.8. The summed E-state index contributed by atoms with van der Waals surface area (Å²) in [6, 6.07) is 15.0. The number of furan rings is 2. The first-order valence-corrected chi connectivity index (χ1v) is 6.68. The molecule has 0 spiro atoms. The molecule has 3 aromatic rings. The third-order valence-electron chi connectivity index (χ3n) is 3.18. The van der Waals surface area contributed by atoms with Gasteiger partial charge in [-0.05, 0) is 36.4 Å². The maximum absolute atomic E-state index is 10.7. The molecule has 0 atom stereocenters. The van der Waals surface area contributed by atoms with Crippen LogP contribution in [-0.4, -0.2) is 4.92 Å². The number of rotatable bonds is 4. The highest BCUT2D eigenvalue weighted by atomic mass is 16.6. The van der Waals surface area contributed by atoms with Crippen molar-refractivity contribution in [1.29, 1.82) is 5.26 Å². The number of hydrogen-bond donors (Lipinski definition) is 0. The Labute approximate surface area is 131 Å². The number of nitro benzene ring substituents is 1. The Morgan fingerprint density at radius 1 is 1.17 bits per heavy atom. The van der Waals surface area contributed by atoms with Gasteiger partial charge in [-0.3, -0.25) is 10.1 Å². The minimum absolute atomic E-state index is 0.0185. The van der Waals surface area contributed by atoms with Gasteiger partial charge in [-0.1, -0.05) is 0 Å².